The number of aliphatic hydroxyl groups is 1. The Kier molecular flexibility index (Phi) is 3.84. The normalized spacial score (nSPS) is 27.0. The van der Waals surface area contributed by atoms with E-state index in [-0.39, 0.29) is 0 Å². The molecule has 0 saturated carbocycles. The molecule has 4 nitrogen and oxygen atoms in total. The molecule has 1 aliphatic rings. The molecular formula is C13H23N3O. The Hall–Kier alpha value is -0.870. The molecule has 1 atom stereocenters. The van der Waals surface area contributed by atoms with Gasteiger partial charge in [0, 0.05) is 19.8 Å². The van der Waals surface area contributed by atoms with Gasteiger partial charge in [-0.3, -0.25) is 4.68 Å². The van der Waals surface area contributed by atoms with Crippen LogP contribution in [0.2, 0.25) is 0 Å². The van der Waals surface area contributed by atoms with Crippen LogP contribution in [-0.4, -0.2) is 39.4 Å². The van der Waals surface area contributed by atoms with Crippen LogP contribution in [0.3, 0.4) is 0 Å². The number of rotatable bonds is 3. The van der Waals surface area contributed by atoms with Crippen molar-refractivity contribution in [3.05, 3.63) is 18.0 Å². The summed E-state index contributed by atoms with van der Waals surface area (Å²) < 4.78 is 1.80. The van der Waals surface area contributed by atoms with Crippen LogP contribution >= 0.6 is 0 Å². The highest BCUT2D eigenvalue weighted by molar-refractivity contribution is 5.12. The lowest BCUT2D eigenvalue weighted by molar-refractivity contribution is 0.0134. The molecule has 1 aliphatic heterocycles. The maximum Gasteiger partial charge on any atom is 0.107 e. The van der Waals surface area contributed by atoms with Gasteiger partial charge in [-0.2, -0.15) is 5.10 Å². The smallest absolute Gasteiger partial charge is 0.107 e. The molecule has 2 heterocycles. The summed E-state index contributed by atoms with van der Waals surface area (Å²) >= 11 is 0. The fourth-order valence-electron chi connectivity index (χ4n) is 2.80. The van der Waals surface area contributed by atoms with Crippen LogP contribution in [0, 0.1) is 0 Å². The lowest BCUT2D eigenvalue weighted by atomic mass is 9.91. The van der Waals surface area contributed by atoms with Crippen LogP contribution in [0.1, 0.15) is 38.3 Å². The predicted molar refractivity (Wildman–Crippen MR) is 67.7 cm³/mol. The lowest BCUT2D eigenvalue weighted by Crippen LogP contribution is -2.31. The highest BCUT2D eigenvalue weighted by atomic mass is 16.3. The number of likely N-dealkylation sites (tertiary alicyclic amines) is 1. The van der Waals surface area contributed by atoms with Gasteiger partial charge in [-0.1, -0.05) is 6.92 Å². The van der Waals surface area contributed by atoms with Crippen molar-refractivity contribution < 1.29 is 5.11 Å². The van der Waals surface area contributed by atoms with Crippen LogP contribution < -0.4 is 0 Å². The van der Waals surface area contributed by atoms with E-state index in [9.17, 15) is 5.11 Å². The zero-order chi connectivity index (χ0) is 12.3. The lowest BCUT2D eigenvalue weighted by Gasteiger charge is -2.27. The van der Waals surface area contributed by atoms with Crippen molar-refractivity contribution in [3.8, 4) is 0 Å². The summed E-state index contributed by atoms with van der Waals surface area (Å²) in [6, 6.07) is 1.94. The van der Waals surface area contributed by atoms with Gasteiger partial charge in [0.05, 0.1) is 5.69 Å². The van der Waals surface area contributed by atoms with Crippen LogP contribution in [0.25, 0.3) is 0 Å². The van der Waals surface area contributed by atoms with Crippen molar-refractivity contribution in [1.82, 2.24) is 14.7 Å². The summed E-state index contributed by atoms with van der Waals surface area (Å²) in [7, 11) is 1.90. The van der Waals surface area contributed by atoms with E-state index in [0.717, 1.165) is 44.6 Å². The Morgan fingerprint density at radius 1 is 1.41 bits per heavy atom. The summed E-state index contributed by atoms with van der Waals surface area (Å²) in [4.78, 5) is 2.45. The number of nitrogens with zero attached hydrogens (tertiary/aromatic N) is 3. The Morgan fingerprint density at radius 2 is 2.24 bits per heavy atom. The van der Waals surface area contributed by atoms with E-state index < -0.39 is 5.60 Å². The van der Waals surface area contributed by atoms with Gasteiger partial charge in [-0.05, 0) is 44.8 Å². The molecule has 1 aromatic rings. The van der Waals surface area contributed by atoms with Crippen LogP contribution in [-0.2, 0) is 12.6 Å². The molecule has 0 aromatic carbocycles. The van der Waals surface area contributed by atoms with Crippen molar-refractivity contribution in [2.24, 2.45) is 7.05 Å². The summed E-state index contributed by atoms with van der Waals surface area (Å²) in [5.41, 5.74) is 0.268. The first-order chi connectivity index (χ1) is 8.15. The molecule has 1 saturated heterocycles. The predicted octanol–water partition coefficient (Wildman–Crippen LogP) is 1.50. The number of aromatic nitrogens is 2. The molecule has 96 valence electrons. The van der Waals surface area contributed by atoms with Gasteiger partial charge in [0.25, 0.3) is 0 Å². The summed E-state index contributed by atoms with van der Waals surface area (Å²) in [6.45, 7) is 5.43. The van der Waals surface area contributed by atoms with E-state index >= 15 is 0 Å². The van der Waals surface area contributed by atoms with Gasteiger partial charge in [0.2, 0.25) is 0 Å². The monoisotopic (exact) mass is 237 g/mol. The first-order valence-corrected chi connectivity index (χ1v) is 6.59. The fraction of sp³-hybridized carbons (Fsp3) is 0.769. The van der Waals surface area contributed by atoms with E-state index in [1.54, 1.807) is 10.9 Å². The molecule has 17 heavy (non-hydrogen) atoms. The highest BCUT2D eigenvalue weighted by Crippen LogP contribution is 2.32. The SMILES string of the molecule is CCCN1CCCC(O)(c2ccnn2C)CC1. The first-order valence-electron chi connectivity index (χ1n) is 6.59. The average Bonchev–Trinajstić information content (AvgIpc) is 2.64. The summed E-state index contributed by atoms with van der Waals surface area (Å²) in [5.74, 6) is 0. The van der Waals surface area contributed by atoms with Gasteiger partial charge < -0.3 is 10.0 Å². The maximum absolute atomic E-state index is 10.8. The Bertz CT molecular complexity index is 363. The van der Waals surface area contributed by atoms with E-state index in [1.165, 1.54) is 6.42 Å². The third-order valence-corrected chi connectivity index (χ3v) is 3.74. The molecule has 1 aromatic heterocycles. The third kappa shape index (κ3) is 2.69. The highest BCUT2D eigenvalue weighted by Gasteiger charge is 2.33. The largest absolute Gasteiger partial charge is 0.384 e. The van der Waals surface area contributed by atoms with E-state index in [2.05, 4.69) is 16.9 Å². The molecule has 0 amide bonds. The second-order valence-electron chi connectivity index (χ2n) is 5.07. The van der Waals surface area contributed by atoms with Gasteiger partial charge in [-0.25, -0.2) is 0 Å². The van der Waals surface area contributed by atoms with E-state index in [1.807, 2.05) is 13.1 Å². The van der Waals surface area contributed by atoms with Gasteiger partial charge >= 0.3 is 0 Å². The summed E-state index contributed by atoms with van der Waals surface area (Å²) in [6.07, 6.45) is 5.66. The second kappa shape index (κ2) is 5.19. The minimum Gasteiger partial charge on any atom is -0.384 e. The second-order valence-corrected chi connectivity index (χ2v) is 5.07. The number of hydrogen-bond donors (Lipinski definition) is 1. The standard InChI is InChI=1S/C13H23N3O/c1-3-9-16-10-4-6-13(17,7-11-16)12-5-8-14-15(12)2/h5,8,17H,3-4,6-7,9-11H2,1-2H3. The molecule has 0 radical (unpaired) electrons. The Labute approximate surface area is 103 Å². The third-order valence-electron chi connectivity index (χ3n) is 3.74. The molecule has 1 unspecified atom stereocenters. The molecule has 0 aliphatic carbocycles. The van der Waals surface area contributed by atoms with Crippen molar-refractivity contribution in [2.75, 3.05) is 19.6 Å². The quantitative estimate of drug-likeness (QED) is 0.866. The van der Waals surface area contributed by atoms with Crippen LogP contribution in [0.5, 0.6) is 0 Å². The average molecular weight is 237 g/mol. The Balaban J connectivity index is 2.09. The minimum absolute atomic E-state index is 0.687. The van der Waals surface area contributed by atoms with E-state index in [0.29, 0.717) is 0 Å². The molecule has 4 heteroatoms. The van der Waals surface area contributed by atoms with Gasteiger partial charge in [-0.15, -0.1) is 0 Å². The van der Waals surface area contributed by atoms with Crippen molar-refractivity contribution in [3.63, 3.8) is 0 Å². The Morgan fingerprint density at radius 3 is 2.88 bits per heavy atom. The maximum atomic E-state index is 10.8. The van der Waals surface area contributed by atoms with Crippen LogP contribution in [0.15, 0.2) is 12.3 Å². The fourth-order valence-corrected chi connectivity index (χ4v) is 2.80. The zero-order valence-corrected chi connectivity index (χ0v) is 10.9. The summed E-state index contributed by atoms with van der Waals surface area (Å²) in [5, 5.41) is 15.0. The zero-order valence-electron chi connectivity index (χ0n) is 10.9. The molecule has 0 bridgehead atoms. The van der Waals surface area contributed by atoms with Gasteiger partial charge in [0.1, 0.15) is 5.60 Å². The van der Waals surface area contributed by atoms with Crippen molar-refractivity contribution in [1.29, 1.82) is 0 Å². The van der Waals surface area contributed by atoms with Crippen molar-refractivity contribution in [2.45, 2.75) is 38.2 Å². The molecule has 1 fully saturated rings. The van der Waals surface area contributed by atoms with Crippen LogP contribution in [0.4, 0.5) is 0 Å². The number of hydrogen-bond acceptors (Lipinski definition) is 3. The van der Waals surface area contributed by atoms with E-state index in [4.69, 9.17) is 0 Å². The minimum atomic E-state index is -0.687. The number of aryl methyl sites for hydroxylation is 1. The molecule has 1 N–H and O–H groups in total. The van der Waals surface area contributed by atoms with Gasteiger partial charge in [0.15, 0.2) is 0 Å². The topological polar surface area (TPSA) is 41.3 Å². The molecule has 2 rings (SSSR count). The van der Waals surface area contributed by atoms with Crippen molar-refractivity contribution >= 4 is 0 Å². The molecule has 0 spiro atoms. The molecular weight excluding hydrogens is 214 g/mol. The first kappa shape index (κ1) is 12.6.